The zero-order chi connectivity index (χ0) is 17.8. The van der Waals surface area contributed by atoms with Crippen LogP contribution < -0.4 is 5.73 Å². The van der Waals surface area contributed by atoms with E-state index in [4.69, 9.17) is 5.73 Å². The Balaban J connectivity index is 1.56. The molecule has 1 aromatic carbocycles. The van der Waals surface area contributed by atoms with Crippen LogP contribution in [0.1, 0.15) is 18.4 Å². The van der Waals surface area contributed by atoms with E-state index in [1.807, 2.05) is 31.2 Å². The van der Waals surface area contributed by atoms with Gasteiger partial charge in [0, 0.05) is 18.7 Å². The Labute approximate surface area is 150 Å². The highest BCUT2D eigenvalue weighted by Crippen LogP contribution is 2.21. The third-order valence-electron chi connectivity index (χ3n) is 4.29. The van der Waals surface area contributed by atoms with Gasteiger partial charge in [-0.1, -0.05) is 41.6 Å². The normalized spacial score (nSPS) is 17.5. The summed E-state index contributed by atoms with van der Waals surface area (Å²) in [4.78, 5) is 29.8. The fourth-order valence-electron chi connectivity index (χ4n) is 2.80. The third kappa shape index (κ3) is 4.39. The van der Waals surface area contributed by atoms with Crippen molar-refractivity contribution in [2.75, 3.05) is 18.8 Å². The number of carbonyl (C=O) groups is 2. The molecule has 0 bridgehead atoms. The van der Waals surface area contributed by atoms with Crippen LogP contribution in [-0.2, 0) is 9.59 Å². The summed E-state index contributed by atoms with van der Waals surface area (Å²) in [6.45, 7) is 3.11. The maximum Gasteiger partial charge on any atom is 0.233 e. The van der Waals surface area contributed by atoms with Crippen molar-refractivity contribution in [3.05, 3.63) is 29.8 Å². The van der Waals surface area contributed by atoms with Gasteiger partial charge < -0.3 is 10.6 Å². The number of nitrogens with two attached hydrogens (primary N) is 1. The van der Waals surface area contributed by atoms with Crippen molar-refractivity contribution in [2.45, 2.75) is 24.9 Å². The van der Waals surface area contributed by atoms with Gasteiger partial charge in [0.15, 0.2) is 5.82 Å². The number of benzene rings is 1. The van der Waals surface area contributed by atoms with E-state index >= 15 is 0 Å². The summed E-state index contributed by atoms with van der Waals surface area (Å²) in [7, 11) is 0. The van der Waals surface area contributed by atoms with E-state index in [-0.39, 0.29) is 23.5 Å². The molecular formula is C17H21N5O2S. The standard InChI is InChI=1S/C17H21N5O2S/c1-11-4-6-12(7-5-11)16-19-17(21-20-16)25-10-14(23)22-8-2-3-13(9-22)15(18)24/h4-7,13H,2-3,8-10H2,1H3,(H2,18,24)(H,19,20,21). The van der Waals surface area contributed by atoms with Crippen molar-refractivity contribution in [3.8, 4) is 11.4 Å². The number of H-pyrrole nitrogens is 1. The molecule has 1 atom stereocenters. The Hall–Kier alpha value is -2.35. The fourth-order valence-corrected chi connectivity index (χ4v) is 3.51. The van der Waals surface area contributed by atoms with Gasteiger partial charge in [-0.25, -0.2) is 4.98 Å². The molecule has 1 aliphatic rings. The summed E-state index contributed by atoms with van der Waals surface area (Å²) in [5.41, 5.74) is 7.49. The van der Waals surface area contributed by atoms with E-state index in [0.29, 0.717) is 24.1 Å². The van der Waals surface area contributed by atoms with Gasteiger partial charge in [0.2, 0.25) is 17.0 Å². The summed E-state index contributed by atoms with van der Waals surface area (Å²) in [6.07, 6.45) is 1.56. The molecule has 7 nitrogen and oxygen atoms in total. The Morgan fingerprint density at radius 3 is 2.84 bits per heavy atom. The number of thioether (sulfide) groups is 1. The minimum absolute atomic E-state index is 0.0161. The van der Waals surface area contributed by atoms with E-state index in [1.54, 1.807) is 4.90 Å². The lowest BCUT2D eigenvalue weighted by atomic mass is 9.97. The number of aromatic amines is 1. The van der Waals surface area contributed by atoms with E-state index in [9.17, 15) is 9.59 Å². The van der Waals surface area contributed by atoms with Gasteiger partial charge in [0.1, 0.15) is 0 Å². The summed E-state index contributed by atoms with van der Waals surface area (Å²) >= 11 is 1.29. The minimum atomic E-state index is -0.332. The van der Waals surface area contributed by atoms with Gasteiger partial charge in [0.25, 0.3) is 0 Å². The van der Waals surface area contributed by atoms with Gasteiger partial charge in [-0.05, 0) is 19.8 Å². The maximum absolute atomic E-state index is 12.3. The number of nitrogens with one attached hydrogen (secondary N) is 1. The highest BCUT2D eigenvalue weighted by Gasteiger charge is 2.27. The molecule has 25 heavy (non-hydrogen) atoms. The Kier molecular flexibility index (Phi) is 5.37. The molecule has 0 aliphatic carbocycles. The number of piperidine rings is 1. The lowest BCUT2D eigenvalue weighted by Crippen LogP contribution is -2.44. The van der Waals surface area contributed by atoms with Gasteiger partial charge in [-0.2, -0.15) is 0 Å². The average molecular weight is 359 g/mol. The van der Waals surface area contributed by atoms with E-state index in [2.05, 4.69) is 15.2 Å². The lowest BCUT2D eigenvalue weighted by Gasteiger charge is -2.31. The number of rotatable bonds is 5. The zero-order valence-electron chi connectivity index (χ0n) is 14.1. The van der Waals surface area contributed by atoms with Gasteiger partial charge in [0.05, 0.1) is 11.7 Å². The molecule has 132 valence electrons. The second kappa shape index (κ2) is 7.69. The number of likely N-dealkylation sites (tertiary alicyclic amines) is 1. The monoisotopic (exact) mass is 359 g/mol. The van der Waals surface area contributed by atoms with Crippen LogP contribution in [0.15, 0.2) is 29.4 Å². The second-order valence-corrected chi connectivity index (χ2v) is 7.15. The van der Waals surface area contributed by atoms with Crippen LogP contribution in [0.3, 0.4) is 0 Å². The number of hydrogen-bond donors (Lipinski definition) is 2. The molecule has 2 amide bonds. The highest BCUT2D eigenvalue weighted by molar-refractivity contribution is 7.99. The van der Waals surface area contributed by atoms with Crippen molar-refractivity contribution in [1.82, 2.24) is 20.1 Å². The quantitative estimate of drug-likeness (QED) is 0.789. The number of nitrogens with zero attached hydrogens (tertiary/aromatic N) is 3. The molecule has 0 radical (unpaired) electrons. The molecule has 8 heteroatoms. The van der Waals surface area contributed by atoms with Crippen LogP contribution in [-0.4, -0.2) is 50.7 Å². The molecule has 1 aromatic heterocycles. The SMILES string of the molecule is Cc1ccc(-c2nc(SCC(=O)N3CCCC(C(N)=O)C3)n[nH]2)cc1. The first-order valence-corrected chi connectivity index (χ1v) is 9.21. The molecule has 3 N–H and O–H groups in total. The zero-order valence-corrected chi connectivity index (χ0v) is 14.9. The van der Waals surface area contributed by atoms with Gasteiger partial charge >= 0.3 is 0 Å². The highest BCUT2D eigenvalue weighted by atomic mass is 32.2. The maximum atomic E-state index is 12.3. The largest absolute Gasteiger partial charge is 0.369 e. The Morgan fingerprint density at radius 1 is 1.36 bits per heavy atom. The first kappa shape index (κ1) is 17.5. The topological polar surface area (TPSA) is 105 Å². The molecule has 2 aromatic rings. The molecule has 3 rings (SSSR count). The number of aromatic nitrogens is 3. The van der Waals surface area contributed by atoms with Gasteiger partial charge in [-0.3, -0.25) is 14.7 Å². The molecule has 1 saturated heterocycles. The molecule has 0 spiro atoms. The van der Waals surface area contributed by atoms with Crippen LogP contribution >= 0.6 is 11.8 Å². The van der Waals surface area contributed by atoms with Crippen molar-refractivity contribution >= 4 is 23.6 Å². The predicted octanol–water partition coefficient (Wildman–Crippen LogP) is 1.60. The summed E-state index contributed by atoms with van der Waals surface area (Å²) in [5, 5.41) is 7.59. The average Bonchev–Trinajstić information content (AvgIpc) is 3.09. The smallest absolute Gasteiger partial charge is 0.233 e. The van der Waals surface area contributed by atoms with Crippen LogP contribution in [0.2, 0.25) is 0 Å². The van der Waals surface area contributed by atoms with Crippen molar-refractivity contribution in [3.63, 3.8) is 0 Å². The van der Waals surface area contributed by atoms with E-state index < -0.39 is 0 Å². The number of primary amides is 1. The van der Waals surface area contributed by atoms with Crippen LogP contribution in [0.4, 0.5) is 0 Å². The number of carbonyl (C=O) groups excluding carboxylic acids is 2. The summed E-state index contributed by atoms with van der Waals surface area (Å²) in [6, 6.07) is 7.99. The Morgan fingerprint density at radius 2 is 2.12 bits per heavy atom. The first-order chi connectivity index (χ1) is 12.0. The number of hydrogen-bond acceptors (Lipinski definition) is 5. The van der Waals surface area contributed by atoms with Crippen LogP contribution in [0, 0.1) is 12.8 Å². The first-order valence-electron chi connectivity index (χ1n) is 8.22. The lowest BCUT2D eigenvalue weighted by molar-refractivity contribution is -0.132. The van der Waals surface area contributed by atoms with E-state index in [0.717, 1.165) is 18.4 Å². The van der Waals surface area contributed by atoms with Crippen LogP contribution in [0.25, 0.3) is 11.4 Å². The second-order valence-electron chi connectivity index (χ2n) is 6.20. The molecule has 1 unspecified atom stereocenters. The minimum Gasteiger partial charge on any atom is -0.369 e. The third-order valence-corrected chi connectivity index (χ3v) is 5.12. The predicted molar refractivity (Wildman–Crippen MR) is 95.8 cm³/mol. The van der Waals surface area contributed by atoms with Crippen molar-refractivity contribution in [1.29, 1.82) is 0 Å². The van der Waals surface area contributed by atoms with E-state index in [1.165, 1.54) is 17.3 Å². The molecule has 2 heterocycles. The number of amides is 2. The molecule has 1 aliphatic heterocycles. The fraction of sp³-hybridized carbons (Fsp3) is 0.412. The van der Waals surface area contributed by atoms with Gasteiger partial charge in [-0.15, -0.1) is 5.10 Å². The number of aryl methyl sites for hydroxylation is 1. The Bertz CT molecular complexity index is 759. The van der Waals surface area contributed by atoms with Crippen molar-refractivity contribution < 1.29 is 9.59 Å². The summed E-state index contributed by atoms with van der Waals surface area (Å²) in [5.74, 6) is 0.344. The van der Waals surface area contributed by atoms with Crippen molar-refractivity contribution in [2.24, 2.45) is 11.7 Å². The molecule has 1 fully saturated rings. The summed E-state index contributed by atoms with van der Waals surface area (Å²) < 4.78 is 0. The van der Waals surface area contributed by atoms with Crippen LogP contribution in [0.5, 0.6) is 0 Å². The molecule has 0 saturated carbocycles. The molecular weight excluding hydrogens is 338 g/mol.